The highest BCUT2D eigenvalue weighted by atomic mass is 16.5. The summed E-state index contributed by atoms with van der Waals surface area (Å²) in [5.41, 5.74) is -0.511. The van der Waals surface area contributed by atoms with E-state index < -0.39 is 30.2 Å². The summed E-state index contributed by atoms with van der Waals surface area (Å²) in [5, 5.41) is 22.3. The largest absolute Gasteiger partial charge is 0.480 e. The number of aliphatic carboxylic acids is 1. The number of urea groups is 1. The molecule has 0 saturated carbocycles. The van der Waals surface area contributed by atoms with Crippen LogP contribution in [0.1, 0.15) is 20.3 Å². The number of rotatable bonds is 4. The Morgan fingerprint density at radius 1 is 1.59 bits per heavy atom. The van der Waals surface area contributed by atoms with Crippen LogP contribution in [0.15, 0.2) is 0 Å². The Morgan fingerprint density at radius 3 is 2.65 bits per heavy atom. The molecule has 1 aliphatic rings. The first kappa shape index (κ1) is 13.7. The minimum Gasteiger partial charge on any atom is -0.480 e. The van der Waals surface area contributed by atoms with Crippen LogP contribution >= 0.6 is 0 Å². The molecule has 2 amide bonds. The summed E-state index contributed by atoms with van der Waals surface area (Å²) in [6, 6.07) is -1.91. The Balaban J connectivity index is 2.52. The summed E-state index contributed by atoms with van der Waals surface area (Å²) in [5.74, 6) is -1.27. The van der Waals surface area contributed by atoms with Crippen molar-refractivity contribution >= 4 is 12.0 Å². The SMILES string of the molecule is CC1OCCC1(C)NC(=O)NC(CO)C(=O)O. The van der Waals surface area contributed by atoms with Crippen LogP contribution < -0.4 is 10.6 Å². The summed E-state index contributed by atoms with van der Waals surface area (Å²) in [6.07, 6.45) is 0.531. The molecule has 1 aliphatic heterocycles. The van der Waals surface area contributed by atoms with Crippen LogP contribution in [0.25, 0.3) is 0 Å². The fourth-order valence-electron chi connectivity index (χ4n) is 1.64. The highest BCUT2D eigenvalue weighted by Gasteiger charge is 2.38. The van der Waals surface area contributed by atoms with Crippen molar-refractivity contribution in [2.24, 2.45) is 0 Å². The van der Waals surface area contributed by atoms with Gasteiger partial charge in [-0.1, -0.05) is 0 Å². The predicted molar refractivity (Wildman–Crippen MR) is 58.6 cm³/mol. The van der Waals surface area contributed by atoms with Crippen molar-refractivity contribution in [2.45, 2.75) is 38.0 Å². The number of ether oxygens (including phenoxy) is 1. The van der Waals surface area contributed by atoms with E-state index in [1.54, 1.807) is 0 Å². The van der Waals surface area contributed by atoms with Crippen LogP contribution in [-0.4, -0.2) is 53.1 Å². The highest BCUT2D eigenvalue weighted by Crippen LogP contribution is 2.24. The molecule has 0 aliphatic carbocycles. The Labute approximate surface area is 99.1 Å². The second-order valence-electron chi connectivity index (χ2n) is 4.35. The van der Waals surface area contributed by atoms with E-state index in [4.69, 9.17) is 14.9 Å². The molecule has 0 spiro atoms. The van der Waals surface area contributed by atoms with Gasteiger partial charge in [0, 0.05) is 6.61 Å². The lowest BCUT2D eigenvalue weighted by Crippen LogP contribution is -2.57. The Hall–Kier alpha value is -1.34. The van der Waals surface area contributed by atoms with E-state index in [2.05, 4.69) is 10.6 Å². The van der Waals surface area contributed by atoms with Gasteiger partial charge in [0.25, 0.3) is 0 Å². The van der Waals surface area contributed by atoms with Crippen LogP contribution in [0, 0.1) is 0 Å². The smallest absolute Gasteiger partial charge is 0.328 e. The number of carbonyl (C=O) groups is 2. The number of aliphatic hydroxyl groups is 1. The van der Waals surface area contributed by atoms with Crippen molar-refractivity contribution in [2.75, 3.05) is 13.2 Å². The average Bonchev–Trinajstić information content (AvgIpc) is 2.55. The Morgan fingerprint density at radius 2 is 2.24 bits per heavy atom. The minimum atomic E-state index is -1.30. The third kappa shape index (κ3) is 3.31. The van der Waals surface area contributed by atoms with Gasteiger partial charge in [0.2, 0.25) is 0 Å². The van der Waals surface area contributed by atoms with Crippen LogP contribution in [0.3, 0.4) is 0 Å². The molecular formula is C10H18N2O5. The van der Waals surface area contributed by atoms with Gasteiger partial charge in [0.1, 0.15) is 0 Å². The first-order valence-electron chi connectivity index (χ1n) is 5.43. The molecular weight excluding hydrogens is 228 g/mol. The van der Waals surface area contributed by atoms with Gasteiger partial charge >= 0.3 is 12.0 Å². The fraction of sp³-hybridized carbons (Fsp3) is 0.800. The lowest BCUT2D eigenvalue weighted by molar-refractivity contribution is -0.140. The molecule has 1 rings (SSSR count). The van der Waals surface area contributed by atoms with Gasteiger partial charge in [-0.25, -0.2) is 9.59 Å². The summed E-state index contributed by atoms with van der Waals surface area (Å²) in [6.45, 7) is 3.58. The number of aliphatic hydroxyl groups excluding tert-OH is 1. The predicted octanol–water partition coefficient (Wildman–Crippen LogP) is -0.701. The van der Waals surface area contributed by atoms with E-state index >= 15 is 0 Å². The van der Waals surface area contributed by atoms with Crippen molar-refractivity contribution in [3.05, 3.63) is 0 Å². The zero-order valence-electron chi connectivity index (χ0n) is 9.90. The molecule has 3 unspecified atom stereocenters. The minimum absolute atomic E-state index is 0.134. The van der Waals surface area contributed by atoms with Crippen molar-refractivity contribution in [3.63, 3.8) is 0 Å². The Bertz CT molecular complexity index is 309. The first-order chi connectivity index (χ1) is 7.89. The zero-order valence-corrected chi connectivity index (χ0v) is 9.90. The third-order valence-corrected chi connectivity index (χ3v) is 3.07. The maximum absolute atomic E-state index is 11.6. The normalized spacial score (nSPS) is 29.7. The van der Waals surface area contributed by atoms with Crippen LogP contribution in [-0.2, 0) is 9.53 Å². The molecule has 17 heavy (non-hydrogen) atoms. The van der Waals surface area contributed by atoms with Gasteiger partial charge in [-0.3, -0.25) is 0 Å². The lowest BCUT2D eigenvalue weighted by atomic mass is 9.95. The van der Waals surface area contributed by atoms with Gasteiger partial charge < -0.3 is 25.6 Å². The molecule has 1 fully saturated rings. The molecule has 0 aromatic rings. The van der Waals surface area contributed by atoms with Gasteiger partial charge in [0.05, 0.1) is 18.2 Å². The number of carboxylic acids is 1. The van der Waals surface area contributed by atoms with Crippen molar-refractivity contribution in [1.29, 1.82) is 0 Å². The summed E-state index contributed by atoms with van der Waals surface area (Å²) < 4.78 is 5.34. The molecule has 7 heteroatoms. The quantitative estimate of drug-likeness (QED) is 0.524. The maximum atomic E-state index is 11.6. The van der Waals surface area contributed by atoms with E-state index in [1.165, 1.54) is 0 Å². The standard InChI is InChI=1S/C10H18N2O5/c1-6-10(2,3-4-17-6)12-9(16)11-7(5-13)8(14)15/h6-7,13H,3-5H2,1-2H3,(H,14,15)(H2,11,12,16). The molecule has 98 valence electrons. The maximum Gasteiger partial charge on any atom is 0.328 e. The van der Waals surface area contributed by atoms with Gasteiger partial charge in [0.15, 0.2) is 6.04 Å². The van der Waals surface area contributed by atoms with E-state index in [0.29, 0.717) is 13.0 Å². The van der Waals surface area contributed by atoms with Crippen LogP contribution in [0.4, 0.5) is 4.79 Å². The van der Waals surface area contributed by atoms with E-state index in [-0.39, 0.29) is 6.10 Å². The molecule has 7 nitrogen and oxygen atoms in total. The molecule has 1 heterocycles. The van der Waals surface area contributed by atoms with E-state index in [0.717, 1.165) is 0 Å². The third-order valence-electron chi connectivity index (χ3n) is 3.07. The number of hydrogen-bond acceptors (Lipinski definition) is 4. The van der Waals surface area contributed by atoms with Crippen LogP contribution in [0.2, 0.25) is 0 Å². The summed E-state index contributed by atoms with van der Waals surface area (Å²) in [7, 11) is 0. The number of nitrogens with one attached hydrogen (secondary N) is 2. The Kier molecular flexibility index (Phi) is 4.30. The fourth-order valence-corrected chi connectivity index (χ4v) is 1.64. The second kappa shape index (κ2) is 5.33. The molecule has 0 bridgehead atoms. The van der Waals surface area contributed by atoms with Gasteiger partial charge in [-0.05, 0) is 20.3 Å². The molecule has 4 N–H and O–H groups in total. The van der Waals surface area contributed by atoms with Crippen LogP contribution in [0.5, 0.6) is 0 Å². The van der Waals surface area contributed by atoms with Gasteiger partial charge in [-0.2, -0.15) is 0 Å². The molecule has 3 atom stereocenters. The first-order valence-corrected chi connectivity index (χ1v) is 5.43. The van der Waals surface area contributed by atoms with Crippen molar-refractivity contribution in [1.82, 2.24) is 10.6 Å². The number of carboxylic acid groups (broad SMARTS) is 1. The number of hydrogen-bond donors (Lipinski definition) is 4. The highest BCUT2D eigenvalue weighted by molar-refractivity contribution is 5.83. The number of carbonyl (C=O) groups excluding carboxylic acids is 1. The van der Waals surface area contributed by atoms with E-state index in [1.807, 2.05) is 13.8 Å². The van der Waals surface area contributed by atoms with E-state index in [9.17, 15) is 9.59 Å². The molecule has 0 aromatic carbocycles. The lowest BCUT2D eigenvalue weighted by Gasteiger charge is -2.29. The summed E-state index contributed by atoms with van der Waals surface area (Å²) in [4.78, 5) is 22.2. The second-order valence-corrected chi connectivity index (χ2v) is 4.35. The number of amides is 2. The molecule has 0 radical (unpaired) electrons. The molecule has 0 aromatic heterocycles. The van der Waals surface area contributed by atoms with Crippen molar-refractivity contribution in [3.8, 4) is 0 Å². The van der Waals surface area contributed by atoms with Gasteiger partial charge in [-0.15, -0.1) is 0 Å². The summed E-state index contributed by atoms with van der Waals surface area (Å²) >= 11 is 0. The monoisotopic (exact) mass is 246 g/mol. The topological polar surface area (TPSA) is 108 Å². The zero-order chi connectivity index (χ0) is 13.1. The molecule has 1 saturated heterocycles. The van der Waals surface area contributed by atoms with Crippen molar-refractivity contribution < 1.29 is 24.5 Å². The average molecular weight is 246 g/mol.